The SMILES string of the molecule is CC(CN(C)C(=O)OCC[Si](C)(C)C)N(C(=O)O)C1CCCC(c2ccc([N+](=O)[O-])cc2)C1. The Balaban J connectivity index is 2.00. The molecule has 184 valence electrons. The number of benzene rings is 1. The van der Waals surface area contributed by atoms with Crippen molar-refractivity contribution in [1.82, 2.24) is 9.80 Å². The Labute approximate surface area is 196 Å². The number of nitrogens with zero attached hydrogens (tertiary/aromatic N) is 3. The van der Waals surface area contributed by atoms with Crippen molar-refractivity contribution in [2.45, 2.75) is 76.3 Å². The van der Waals surface area contributed by atoms with Crippen molar-refractivity contribution in [2.24, 2.45) is 0 Å². The van der Waals surface area contributed by atoms with Crippen LogP contribution in [0, 0.1) is 10.1 Å². The molecule has 3 atom stereocenters. The van der Waals surface area contributed by atoms with E-state index >= 15 is 0 Å². The summed E-state index contributed by atoms with van der Waals surface area (Å²) < 4.78 is 5.38. The van der Waals surface area contributed by atoms with E-state index in [2.05, 4.69) is 19.6 Å². The van der Waals surface area contributed by atoms with Crippen LogP contribution in [0.2, 0.25) is 25.7 Å². The van der Waals surface area contributed by atoms with Crippen molar-refractivity contribution >= 4 is 25.9 Å². The van der Waals surface area contributed by atoms with Crippen molar-refractivity contribution in [1.29, 1.82) is 0 Å². The van der Waals surface area contributed by atoms with E-state index in [-0.39, 0.29) is 24.2 Å². The largest absolute Gasteiger partial charge is 0.465 e. The number of carboxylic acid groups (broad SMARTS) is 1. The number of rotatable bonds is 9. The van der Waals surface area contributed by atoms with Crippen molar-refractivity contribution in [3.8, 4) is 0 Å². The Bertz CT molecular complexity index is 826. The van der Waals surface area contributed by atoms with Crippen LogP contribution in [0.5, 0.6) is 0 Å². The lowest BCUT2D eigenvalue weighted by molar-refractivity contribution is -0.384. The van der Waals surface area contributed by atoms with Crippen molar-refractivity contribution in [3.05, 3.63) is 39.9 Å². The Kier molecular flexibility index (Phi) is 9.27. The van der Waals surface area contributed by atoms with E-state index in [1.54, 1.807) is 19.2 Å². The van der Waals surface area contributed by atoms with E-state index in [0.717, 1.165) is 30.9 Å². The molecule has 10 heteroatoms. The molecule has 2 amide bonds. The van der Waals surface area contributed by atoms with Gasteiger partial charge in [0.1, 0.15) is 0 Å². The highest BCUT2D eigenvalue weighted by atomic mass is 28.3. The molecule has 9 nitrogen and oxygen atoms in total. The molecule has 1 aliphatic rings. The van der Waals surface area contributed by atoms with Crippen LogP contribution in [0.3, 0.4) is 0 Å². The van der Waals surface area contributed by atoms with Gasteiger partial charge in [0.25, 0.3) is 5.69 Å². The summed E-state index contributed by atoms with van der Waals surface area (Å²) in [4.78, 5) is 37.9. The molecule has 1 N–H and O–H groups in total. The zero-order valence-electron chi connectivity index (χ0n) is 20.3. The average Bonchev–Trinajstić information content (AvgIpc) is 2.72. The fraction of sp³-hybridized carbons (Fsp3) is 0.652. The fourth-order valence-corrected chi connectivity index (χ4v) is 5.12. The lowest BCUT2D eigenvalue weighted by atomic mass is 9.80. The number of carbonyl (C=O) groups is 2. The third kappa shape index (κ3) is 8.03. The zero-order chi connectivity index (χ0) is 24.8. The molecule has 2 rings (SSSR count). The molecule has 1 aliphatic carbocycles. The number of nitro benzene ring substituents is 1. The van der Waals surface area contributed by atoms with Gasteiger partial charge in [0, 0.05) is 39.8 Å². The Hall–Kier alpha value is -2.62. The molecule has 1 fully saturated rings. The number of carbonyl (C=O) groups excluding carboxylic acids is 1. The molecule has 0 saturated heterocycles. The van der Waals surface area contributed by atoms with E-state index in [4.69, 9.17) is 4.74 Å². The molecule has 1 saturated carbocycles. The predicted octanol–water partition coefficient (Wildman–Crippen LogP) is 5.40. The number of ether oxygens (including phenoxy) is 1. The van der Waals surface area contributed by atoms with Crippen LogP contribution >= 0.6 is 0 Å². The monoisotopic (exact) mass is 479 g/mol. The normalized spacial score (nSPS) is 19.4. The van der Waals surface area contributed by atoms with Gasteiger partial charge in [-0.2, -0.15) is 0 Å². The maximum absolute atomic E-state index is 12.4. The van der Waals surface area contributed by atoms with Crippen molar-refractivity contribution < 1.29 is 24.4 Å². The summed E-state index contributed by atoms with van der Waals surface area (Å²) in [6, 6.07) is 6.85. The second-order valence-electron chi connectivity index (χ2n) is 10.2. The molecule has 0 radical (unpaired) electrons. The van der Waals surface area contributed by atoms with Crippen LogP contribution in [0.15, 0.2) is 24.3 Å². The van der Waals surface area contributed by atoms with Gasteiger partial charge in [-0.05, 0) is 43.7 Å². The van der Waals surface area contributed by atoms with Gasteiger partial charge in [0.15, 0.2) is 0 Å². The van der Waals surface area contributed by atoms with Crippen LogP contribution in [0.25, 0.3) is 0 Å². The summed E-state index contributed by atoms with van der Waals surface area (Å²) in [5.41, 5.74) is 1.04. The van der Waals surface area contributed by atoms with E-state index < -0.39 is 31.2 Å². The Morgan fingerprint density at radius 2 is 1.88 bits per heavy atom. The molecular weight excluding hydrogens is 442 g/mol. The fourth-order valence-electron chi connectivity index (χ4n) is 4.41. The molecule has 0 bridgehead atoms. The minimum absolute atomic E-state index is 0.0478. The highest BCUT2D eigenvalue weighted by Crippen LogP contribution is 2.36. The minimum atomic E-state index is -1.30. The molecule has 0 aliphatic heterocycles. The number of nitro groups is 1. The standard InChI is InChI=1S/C23H37N3O6Si/c1-17(16-24(2)23(29)32-13-14-33(3,4)5)25(22(27)28)21-8-6-7-19(15-21)18-9-11-20(12-10-18)26(30)31/h9-12,17,19,21H,6-8,13-16H2,1-5H3,(H,27,28). The van der Waals surface area contributed by atoms with Crippen molar-refractivity contribution in [2.75, 3.05) is 20.2 Å². The highest BCUT2D eigenvalue weighted by Gasteiger charge is 2.34. The summed E-state index contributed by atoms with van der Waals surface area (Å²) in [5, 5.41) is 20.9. The summed E-state index contributed by atoms with van der Waals surface area (Å²) in [6.45, 7) is 9.09. The van der Waals surface area contributed by atoms with Crippen LogP contribution in [-0.4, -0.2) is 72.4 Å². The average molecular weight is 480 g/mol. The van der Waals surface area contributed by atoms with Gasteiger partial charge >= 0.3 is 12.2 Å². The predicted molar refractivity (Wildman–Crippen MR) is 130 cm³/mol. The molecule has 0 spiro atoms. The van der Waals surface area contributed by atoms with Gasteiger partial charge in [0.05, 0.1) is 17.6 Å². The summed E-state index contributed by atoms with van der Waals surface area (Å²) in [6.07, 6.45) is 1.76. The summed E-state index contributed by atoms with van der Waals surface area (Å²) in [7, 11) is 0.328. The summed E-state index contributed by atoms with van der Waals surface area (Å²) in [5.74, 6) is 0.142. The Morgan fingerprint density at radius 3 is 2.42 bits per heavy atom. The molecule has 3 unspecified atom stereocenters. The van der Waals surface area contributed by atoms with Crippen molar-refractivity contribution in [3.63, 3.8) is 0 Å². The van der Waals surface area contributed by atoms with E-state index in [1.807, 2.05) is 6.92 Å². The Morgan fingerprint density at radius 1 is 1.24 bits per heavy atom. The van der Waals surface area contributed by atoms with Crippen LogP contribution in [-0.2, 0) is 4.74 Å². The third-order valence-corrected chi connectivity index (χ3v) is 7.94. The molecular formula is C23H37N3O6Si. The first-order chi connectivity index (χ1) is 15.4. The van der Waals surface area contributed by atoms with Gasteiger partial charge in [0.2, 0.25) is 0 Å². The molecule has 33 heavy (non-hydrogen) atoms. The first-order valence-corrected chi connectivity index (χ1v) is 15.2. The van der Waals surface area contributed by atoms with E-state index in [1.165, 1.54) is 21.9 Å². The van der Waals surface area contributed by atoms with Crippen LogP contribution in [0.1, 0.15) is 44.1 Å². The van der Waals surface area contributed by atoms with Gasteiger partial charge < -0.3 is 19.6 Å². The first kappa shape index (κ1) is 26.6. The summed E-state index contributed by atoms with van der Waals surface area (Å²) >= 11 is 0. The number of likely N-dealkylation sites (N-methyl/N-ethyl adjacent to an activating group) is 1. The number of hydrogen-bond acceptors (Lipinski definition) is 5. The maximum Gasteiger partial charge on any atom is 0.409 e. The maximum atomic E-state index is 12.4. The first-order valence-electron chi connectivity index (χ1n) is 11.5. The molecule has 1 aromatic carbocycles. The van der Waals surface area contributed by atoms with Gasteiger partial charge in [-0.15, -0.1) is 0 Å². The smallest absolute Gasteiger partial charge is 0.409 e. The third-order valence-electron chi connectivity index (χ3n) is 6.24. The van der Waals surface area contributed by atoms with Crippen LogP contribution in [0.4, 0.5) is 15.3 Å². The molecule has 1 aromatic rings. The van der Waals surface area contributed by atoms with Gasteiger partial charge in [-0.3, -0.25) is 10.1 Å². The highest BCUT2D eigenvalue weighted by molar-refractivity contribution is 6.76. The number of amides is 2. The second kappa shape index (κ2) is 11.5. The van der Waals surface area contributed by atoms with Crippen LogP contribution < -0.4 is 0 Å². The van der Waals surface area contributed by atoms with Gasteiger partial charge in [-0.25, -0.2) is 9.59 Å². The quantitative estimate of drug-likeness (QED) is 0.288. The number of hydrogen-bond donors (Lipinski definition) is 1. The lowest BCUT2D eigenvalue weighted by Crippen LogP contribution is -2.51. The van der Waals surface area contributed by atoms with E-state index in [9.17, 15) is 24.8 Å². The van der Waals surface area contributed by atoms with Gasteiger partial charge in [-0.1, -0.05) is 38.2 Å². The topological polar surface area (TPSA) is 113 Å². The molecule has 0 heterocycles. The number of non-ortho nitro benzene ring substituents is 1. The molecule has 0 aromatic heterocycles. The second-order valence-corrected chi connectivity index (χ2v) is 15.8. The zero-order valence-corrected chi connectivity index (χ0v) is 21.3. The minimum Gasteiger partial charge on any atom is -0.465 e. The lowest BCUT2D eigenvalue weighted by Gasteiger charge is -2.40. The van der Waals surface area contributed by atoms with E-state index in [0.29, 0.717) is 13.0 Å².